The second kappa shape index (κ2) is 10.0. The molecule has 5 nitrogen and oxygen atoms in total. The fourth-order valence-corrected chi connectivity index (χ4v) is 4.88. The van der Waals surface area contributed by atoms with Crippen LogP contribution in [0.5, 0.6) is 0 Å². The Kier molecular flexibility index (Phi) is 5.90. The van der Waals surface area contributed by atoms with Gasteiger partial charge in [0.1, 0.15) is 11.6 Å². The monoisotopic (exact) mass is 519 g/mol. The van der Waals surface area contributed by atoms with Crippen molar-refractivity contribution < 1.29 is 4.39 Å². The molecule has 0 aliphatic heterocycles. The lowest BCUT2D eigenvalue weighted by Crippen LogP contribution is -2.04. The van der Waals surface area contributed by atoms with Crippen molar-refractivity contribution in [2.45, 2.75) is 0 Å². The molecule has 5 aromatic carbocycles. The summed E-state index contributed by atoms with van der Waals surface area (Å²) in [7, 11) is 0. The highest BCUT2D eigenvalue weighted by molar-refractivity contribution is 5.86. The fourth-order valence-electron chi connectivity index (χ4n) is 4.88. The van der Waals surface area contributed by atoms with E-state index in [1.165, 1.54) is 12.1 Å². The first-order valence-corrected chi connectivity index (χ1v) is 12.9. The van der Waals surface area contributed by atoms with E-state index < -0.39 is 0 Å². The van der Waals surface area contributed by atoms with E-state index in [2.05, 4.69) is 0 Å². The summed E-state index contributed by atoms with van der Waals surface area (Å²) in [5.41, 5.74) is 5.82. The molecule has 0 unspecified atom stereocenters. The second-order valence-corrected chi connectivity index (χ2v) is 9.33. The predicted molar refractivity (Wildman–Crippen MR) is 156 cm³/mol. The van der Waals surface area contributed by atoms with Crippen molar-refractivity contribution in [3.05, 3.63) is 139 Å². The Balaban J connectivity index is 1.50. The maximum Gasteiger partial charge on any atom is 0.166 e. The van der Waals surface area contributed by atoms with E-state index in [-0.39, 0.29) is 5.82 Å². The highest BCUT2D eigenvalue weighted by atomic mass is 19.1. The first-order chi connectivity index (χ1) is 19.7. The van der Waals surface area contributed by atoms with Gasteiger partial charge in [-0.1, -0.05) is 97.1 Å². The van der Waals surface area contributed by atoms with Gasteiger partial charge in [-0.05, 0) is 36.4 Å². The number of imidazole rings is 1. The molecular weight excluding hydrogens is 497 g/mol. The first-order valence-electron chi connectivity index (χ1n) is 12.9. The zero-order chi connectivity index (χ0) is 26.9. The van der Waals surface area contributed by atoms with Gasteiger partial charge in [-0.15, -0.1) is 0 Å². The molecule has 2 aromatic heterocycles. The third kappa shape index (κ3) is 4.31. The zero-order valence-corrected chi connectivity index (χ0v) is 21.3. The van der Waals surface area contributed by atoms with Crippen LogP contribution < -0.4 is 0 Å². The molecule has 0 spiro atoms. The minimum atomic E-state index is -0.318. The molecule has 0 atom stereocenters. The van der Waals surface area contributed by atoms with Gasteiger partial charge < -0.3 is 0 Å². The lowest BCUT2D eigenvalue weighted by molar-refractivity contribution is 0.628. The molecular formula is C34H22FN5. The number of halogens is 1. The van der Waals surface area contributed by atoms with Gasteiger partial charge in [0.25, 0.3) is 0 Å². The molecule has 0 radical (unpaired) electrons. The van der Waals surface area contributed by atoms with E-state index in [9.17, 15) is 4.39 Å². The number of aromatic nitrogens is 5. The maximum atomic E-state index is 14.3. The summed E-state index contributed by atoms with van der Waals surface area (Å²) in [5.74, 6) is 2.02. The number of para-hydroxylation sites is 3. The number of nitrogens with zero attached hydrogens (tertiary/aromatic N) is 5. The van der Waals surface area contributed by atoms with E-state index in [1.54, 1.807) is 6.07 Å². The van der Waals surface area contributed by atoms with E-state index in [1.807, 2.05) is 120 Å². The average molecular weight is 520 g/mol. The molecule has 0 N–H and O–H groups in total. The first kappa shape index (κ1) is 23.6. The molecule has 0 saturated carbocycles. The molecule has 6 heteroatoms. The van der Waals surface area contributed by atoms with Crippen LogP contribution in [0, 0.1) is 5.82 Å². The van der Waals surface area contributed by atoms with E-state index in [0.717, 1.165) is 33.4 Å². The summed E-state index contributed by atoms with van der Waals surface area (Å²) in [6, 6.07) is 42.1. The molecule has 0 bridgehead atoms. The summed E-state index contributed by atoms with van der Waals surface area (Å²) in [4.78, 5) is 19.6. The Morgan fingerprint density at radius 1 is 0.475 bits per heavy atom. The molecule has 0 saturated heterocycles. The Labute approximate surface area is 230 Å². The van der Waals surface area contributed by atoms with Crippen molar-refractivity contribution in [1.29, 1.82) is 0 Å². The molecule has 0 fully saturated rings. The van der Waals surface area contributed by atoms with Crippen LogP contribution >= 0.6 is 0 Å². The normalized spacial score (nSPS) is 11.1. The summed E-state index contributed by atoms with van der Waals surface area (Å²) >= 11 is 0. The number of rotatable bonds is 5. The number of fused-ring (bicyclic) bond motifs is 1. The zero-order valence-electron chi connectivity index (χ0n) is 21.3. The summed E-state index contributed by atoms with van der Waals surface area (Å²) in [5, 5.41) is 0. The molecule has 2 heterocycles. The Hall–Kier alpha value is -5.49. The van der Waals surface area contributed by atoms with Gasteiger partial charge in [0.2, 0.25) is 0 Å². The quantitative estimate of drug-likeness (QED) is 0.231. The van der Waals surface area contributed by atoms with E-state index in [0.29, 0.717) is 28.9 Å². The number of hydrogen-bond donors (Lipinski definition) is 0. The largest absolute Gasteiger partial charge is 0.292 e. The molecule has 190 valence electrons. The second-order valence-electron chi connectivity index (χ2n) is 9.33. The van der Waals surface area contributed by atoms with E-state index in [4.69, 9.17) is 19.9 Å². The highest BCUT2D eigenvalue weighted by Crippen LogP contribution is 2.34. The maximum absolute atomic E-state index is 14.3. The van der Waals surface area contributed by atoms with Gasteiger partial charge in [0.15, 0.2) is 17.5 Å². The van der Waals surface area contributed by atoms with Crippen molar-refractivity contribution in [2.75, 3.05) is 0 Å². The average Bonchev–Trinajstić information content (AvgIpc) is 3.41. The van der Waals surface area contributed by atoms with Crippen LogP contribution in [-0.2, 0) is 0 Å². The minimum Gasteiger partial charge on any atom is -0.292 e. The van der Waals surface area contributed by atoms with Crippen LogP contribution in [0.2, 0.25) is 0 Å². The van der Waals surface area contributed by atoms with Crippen molar-refractivity contribution in [1.82, 2.24) is 24.5 Å². The van der Waals surface area contributed by atoms with Crippen molar-refractivity contribution in [3.8, 4) is 51.2 Å². The van der Waals surface area contributed by atoms with Crippen LogP contribution in [-0.4, -0.2) is 24.5 Å². The molecule has 0 aliphatic carbocycles. The van der Waals surface area contributed by atoms with Gasteiger partial charge in [0, 0.05) is 22.3 Å². The SMILES string of the molecule is Fc1cccc(-c2nc3ccccc3n2-c2ccccc2-c2nc(-c3ccccc3)nc(-c3ccccc3)n2)c1. The molecule has 7 aromatic rings. The fraction of sp³-hybridized carbons (Fsp3) is 0. The van der Waals surface area contributed by atoms with Crippen molar-refractivity contribution in [3.63, 3.8) is 0 Å². The smallest absolute Gasteiger partial charge is 0.166 e. The molecule has 0 amide bonds. The van der Waals surface area contributed by atoms with Crippen LogP contribution in [0.1, 0.15) is 0 Å². The van der Waals surface area contributed by atoms with Crippen LogP contribution in [0.25, 0.3) is 62.3 Å². The van der Waals surface area contributed by atoms with Gasteiger partial charge in [-0.2, -0.15) is 0 Å². The van der Waals surface area contributed by atoms with Crippen LogP contribution in [0.3, 0.4) is 0 Å². The van der Waals surface area contributed by atoms with Crippen LogP contribution in [0.4, 0.5) is 4.39 Å². The lowest BCUT2D eigenvalue weighted by Gasteiger charge is -2.15. The predicted octanol–water partition coefficient (Wildman–Crippen LogP) is 8.02. The van der Waals surface area contributed by atoms with Gasteiger partial charge in [-0.25, -0.2) is 24.3 Å². The summed E-state index contributed by atoms with van der Waals surface area (Å²) in [6.07, 6.45) is 0. The number of hydrogen-bond acceptors (Lipinski definition) is 4. The van der Waals surface area contributed by atoms with Crippen molar-refractivity contribution in [2.24, 2.45) is 0 Å². The Morgan fingerprint density at radius 3 is 1.75 bits per heavy atom. The Morgan fingerprint density at radius 2 is 1.05 bits per heavy atom. The number of benzene rings is 5. The minimum absolute atomic E-state index is 0.318. The Bertz CT molecular complexity index is 1910. The van der Waals surface area contributed by atoms with Gasteiger partial charge in [0.05, 0.1) is 16.7 Å². The van der Waals surface area contributed by atoms with Gasteiger partial charge >= 0.3 is 0 Å². The van der Waals surface area contributed by atoms with Gasteiger partial charge in [-0.3, -0.25) is 4.57 Å². The summed E-state index contributed by atoms with van der Waals surface area (Å²) < 4.78 is 16.4. The molecule has 0 aliphatic rings. The van der Waals surface area contributed by atoms with E-state index >= 15 is 0 Å². The highest BCUT2D eigenvalue weighted by Gasteiger charge is 2.20. The molecule has 40 heavy (non-hydrogen) atoms. The van der Waals surface area contributed by atoms with Crippen LogP contribution in [0.15, 0.2) is 133 Å². The van der Waals surface area contributed by atoms with Crippen molar-refractivity contribution >= 4 is 11.0 Å². The topological polar surface area (TPSA) is 56.5 Å². The third-order valence-corrected chi connectivity index (χ3v) is 6.73. The lowest BCUT2D eigenvalue weighted by atomic mass is 10.1. The standard InChI is InChI=1S/C34H22FN5/c35-26-17-11-16-25(22-26)34-36-28-19-8-10-21-30(28)40(34)29-20-9-7-18-27(29)33-38-31(23-12-3-1-4-13-23)37-32(39-33)24-14-5-2-6-15-24/h1-22H. The molecule has 7 rings (SSSR count). The summed E-state index contributed by atoms with van der Waals surface area (Å²) in [6.45, 7) is 0. The third-order valence-electron chi connectivity index (χ3n) is 6.73.